The van der Waals surface area contributed by atoms with Gasteiger partial charge in [-0.25, -0.2) is 9.97 Å². The topological polar surface area (TPSA) is 75.1 Å². The molecule has 2 aromatic carbocycles. The first-order valence-corrected chi connectivity index (χ1v) is 9.07. The van der Waals surface area contributed by atoms with Gasteiger partial charge in [0.2, 0.25) is 5.91 Å². The van der Waals surface area contributed by atoms with E-state index in [1.807, 2.05) is 18.2 Å². The summed E-state index contributed by atoms with van der Waals surface area (Å²) in [6.45, 7) is 0. The highest BCUT2D eigenvalue weighted by atomic mass is 79.9. The molecule has 2 N–H and O–H groups in total. The van der Waals surface area contributed by atoms with Crippen LogP contribution in [-0.4, -0.2) is 21.0 Å². The number of halogens is 1. The van der Waals surface area contributed by atoms with Crippen LogP contribution in [0, 0.1) is 5.92 Å². The number of hydrogen-bond acceptors (Lipinski definition) is 4. The van der Waals surface area contributed by atoms with Crippen LogP contribution in [0.3, 0.4) is 0 Å². The largest absolute Gasteiger partial charge is 0.508 e. The predicted octanol–water partition coefficient (Wildman–Crippen LogP) is 4.35. The monoisotopic (exact) mass is 409 g/mol. The molecule has 130 valence electrons. The Hall–Kier alpha value is -2.73. The molecule has 0 spiro atoms. The number of benzene rings is 2. The summed E-state index contributed by atoms with van der Waals surface area (Å²) in [5.74, 6) is 0.915. The second-order valence-electron chi connectivity index (χ2n) is 6.34. The van der Waals surface area contributed by atoms with Crippen molar-refractivity contribution < 1.29 is 9.90 Å². The van der Waals surface area contributed by atoms with Gasteiger partial charge in [-0.1, -0.05) is 40.2 Å². The van der Waals surface area contributed by atoms with Crippen molar-refractivity contribution in [3.8, 4) is 17.1 Å². The molecule has 5 nitrogen and oxygen atoms in total. The first-order valence-electron chi connectivity index (χ1n) is 8.28. The minimum absolute atomic E-state index is 0.00776. The molecule has 6 heteroatoms. The Morgan fingerprint density at radius 3 is 2.54 bits per heavy atom. The highest BCUT2D eigenvalue weighted by molar-refractivity contribution is 9.10. The molecule has 1 amide bonds. The van der Waals surface area contributed by atoms with E-state index in [0.29, 0.717) is 11.5 Å². The smallest absolute Gasteiger partial charge is 0.228 e. The lowest BCUT2D eigenvalue weighted by atomic mass is 10.1. The number of nitrogens with one attached hydrogen (secondary N) is 1. The van der Waals surface area contributed by atoms with Gasteiger partial charge in [0.25, 0.3) is 0 Å². The summed E-state index contributed by atoms with van der Waals surface area (Å²) in [6.07, 6.45) is 4.03. The summed E-state index contributed by atoms with van der Waals surface area (Å²) >= 11 is 3.42. The third-order valence-corrected chi connectivity index (χ3v) is 4.98. The summed E-state index contributed by atoms with van der Waals surface area (Å²) in [5, 5.41) is 12.4. The molecular formula is C20H16BrN3O2. The summed E-state index contributed by atoms with van der Waals surface area (Å²) in [5.41, 5.74) is 2.48. The molecule has 1 saturated carbocycles. The maximum atomic E-state index is 12.4. The van der Waals surface area contributed by atoms with Gasteiger partial charge in [0.1, 0.15) is 5.75 Å². The number of carbonyl (C=O) groups is 1. The van der Waals surface area contributed by atoms with Gasteiger partial charge in [-0.3, -0.25) is 4.79 Å². The lowest BCUT2D eigenvalue weighted by Gasteiger charge is -2.06. The molecule has 2 unspecified atom stereocenters. The molecule has 1 aromatic heterocycles. The van der Waals surface area contributed by atoms with Gasteiger partial charge >= 0.3 is 0 Å². The van der Waals surface area contributed by atoms with Crippen molar-refractivity contribution in [2.24, 2.45) is 5.92 Å². The summed E-state index contributed by atoms with van der Waals surface area (Å²) in [4.78, 5) is 21.0. The maximum absolute atomic E-state index is 12.4. The van der Waals surface area contributed by atoms with E-state index in [-0.39, 0.29) is 23.5 Å². The molecule has 4 rings (SSSR count). The number of carbonyl (C=O) groups excluding carboxylic acids is 1. The Bertz CT molecular complexity index is 942. The van der Waals surface area contributed by atoms with E-state index in [2.05, 4.69) is 43.3 Å². The van der Waals surface area contributed by atoms with Crippen LogP contribution in [0.25, 0.3) is 11.4 Å². The Morgan fingerprint density at radius 2 is 1.85 bits per heavy atom. The van der Waals surface area contributed by atoms with E-state index in [4.69, 9.17) is 0 Å². The van der Waals surface area contributed by atoms with Crippen molar-refractivity contribution in [3.05, 3.63) is 71.0 Å². The number of amides is 1. The van der Waals surface area contributed by atoms with Crippen LogP contribution in [0.1, 0.15) is 17.9 Å². The molecular weight excluding hydrogens is 394 g/mol. The van der Waals surface area contributed by atoms with Gasteiger partial charge in [0.15, 0.2) is 5.82 Å². The van der Waals surface area contributed by atoms with E-state index in [9.17, 15) is 9.90 Å². The summed E-state index contributed by atoms with van der Waals surface area (Å²) in [7, 11) is 0. The number of anilines is 1. The second-order valence-corrected chi connectivity index (χ2v) is 7.25. The van der Waals surface area contributed by atoms with Gasteiger partial charge in [-0.2, -0.15) is 0 Å². The zero-order valence-corrected chi connectivity index (χ0v) is 15.3. The molecule has 2 atom stereocenters. The van der Waals surface area contributed by atoms with E-state index in [1.165, 1.54) is 5.56 Å². The molecule has 0 saturated heterocycles. The average Bonchev–Trinajstić information content (AvgIpc) is 3.44. The van der Waals surface area contributed by atoms with Gasteiger partial charge in [-0.05, 0) is 42.2 Å². The molecule has 0 aliphatic heterocycles. The third-order valence-electron chi connectivity index (χ3n) is 4.45. The minimum Gasteiger partial charge on any atom is -0.508 e. The first-order chi connectivity index (χ1) is 12.6. The number of aromatic hydroxyl groups is 1. The number of nitrogens with zero attached hydrogens (tertiary/aromatic N) is 2. The molecule has 0 bridgehead atoms. The van der Waals surface area contributed by atoms with Crippen LogP contribution in [-0.2, 0) is 4.79 Å². The van der Waals surface area contributed by atoms with E-state index in [0.717, 1.165) is 16.5 Å². The van der Waals surface area contributed by atoms with Crippen LogP contribution >= 0.6 is 15.9 Å². The van der Waals surface area contributed by atoms with Gasteiger partial charge in [0.05, 0.1) is 18.1 Å². The molecule has 1 aliphatic carbocycles. The fourth-order valence-electron chi connectivity index (χ4n) is 2.98. The fourth-order valence-corrected chi connectivity index (χ4v) is 3.25. The van der Waals surface area contributed by atoms with Gasteiger partial charge < -0.3 is 10.4 Å². The average molecular weight is 410 g/mol. The van der Waals surface area contributed by atoms with Gasteiger partial charge in [-0.15, -0.1) is 0 Å². The minimum atomic E-state index is -0.0121. The summed E-state index contributed by atoms with van der Waals surface area (Å²) < 4.78 is 1.03. The number of rotatable bonds is 4. The third kappa shape index (κ3) is 3.60. The number of aromatic nitrogens is 2. The normalized spacial score (nSPS) is 18.3. The molecule has 1 fully saturated rings. The van der Waals surface area contributed by atoms with Crippen LogP contribution < -0.4 is 5.32 Å². The SMILES string of the molecule is O=C(Nc1cnc(-c2cccc(O)c2)nc1)C1CC1c1ccc(Br)cc1. The van der Waals surface area contributed by atoms with Crippen molar-refractivity contribution in [1.82, 2.24) is 9.97 Å². The predicted molar refractivity (Wildman–Crippen MR) is 103 cm³/mol. The molecule has 0 radical (unpaired) electrons. The number of phenols is 1. The molecule has 26 heavy (non-hydrogen) atoms. The lowest BCUT2D eigenvalue weighted by Crippen LogP contribution is -2.15. The summed E-state index contributed by atoms with van der Waals surface area (Å²) in [6, 6.07) is 14.8. The van der Waals surface area contributed by atoms with E-state index >= 15 is 0 Å². The van der Waals surface area contributed by atoms with Crippen molar-refractivity contribution >= 4 is 27.5 Å². The molecule has 3 aromatic rings. The lowest BCUT2D eigenvalue weighted by molar-refractivity contribution is -0.117. The Balaban J connectivity index is 1.40. The van der Waals surface area contributed by atoms with Crippen LogP contribution in [0.5, 0.6) is 5.75 Å². The maximum Gasteiger partial charge on any atom is 0.228 e. The Morgan fingerprint density at radius 1 is 1.12 bits per heavy atom. The van der Waals surface area contributed by atoms with Crippen molar-refractivity contribution in [2.75, 3.05) is 5.32 Å². The van der Waals surface area contributed by atoms with Crippen LogP contribution in [0.2, 0.25) is 0 Å². The Labute approximate surface area is 159 Å². The Kier molecular flexibility index (Phi) is 4.42. The van der Waals surface area contributed by atoms with Crippen molar-refractivity contribution in [1.29, 1.82) is 0 Å². The van der Waals surface area contributed by atoms with E-state index < -0.39 is 0 Å². The van der Waals surface area contributed by atoms with E-state index in [1.54, 1.807) is 30.6 Å². The molecule has 1 heterocycles. The van der Waals surface area contributed by atoms with Crippen LogP contribution in [0.4, 0.5) is 5.69 Å². The standard InChI is InChI=1S/C20H16BrN3O2/c21-14-6-4-12(5-7-14)17-9-18(17)20(26)24-15-10-22-19(23-11-15)13-2-1-3-16(25)8-13/h1-8,10-11,17-18,25H,9H2,(H,24,26). The van der Waals surface area contributed by atoms with Crippen molar-refractivity contribution in [2.45, 2.75) is 12.3 Å². The quantitative estimate of drug-likeness (QED) is 0.671. The second kappa shape index (κ2) is 6.88. The zero-order chi connectivity index (χ0) is 18.1. The highest BCUT2D eigenvalue weighted by Crippen LogP contribution is 2.48. The number of phenolic OH excluding ortho intramolecular Hbond substituents is 1. The molecule has 1 aliphatic rings. The highest BCUT2D eigenvalue weighted by Gasteiger charge is 2.43. The van der Waals surface area contributed by atoms with Gasteiger partial charge in [0, 0.05) is 16.0 Å². The van der Waals surface area contributed by atoms with Crippen molar-refractivity contribution in [3.63, 3.8) is 0 Å². The first kappa shape index (κ1) is 16.7. The zero-order valence-electron chi connectivity index (χ0n) is 13.8. The fraction of sp³-hybridized carbons (Fsp3) is 0.150. The van der Waals surface area contributed by atoms with Crippen LogP contribution in [0.15, 0.2) is 65.4 Å². The number of hydrogen-bond donors (Lipinski definition) is 2.